The number of hydrogen-bond acceptors (Lipinski definition) is 7. The van der Waals surface area contributed by atoms with Gasteiger partial charge in [-0.15, -0.1) is 0 Å². The third kappa shape index (κ3) is 6.71. The molecule has 4 fully saturated rings. The van der Waals surface area contributed by atoms with Crippen LogP contribution in [0.3, 0.4) is 0 Å². The summed E-state index contributed by atoms with van der Waals surface area (Å²) < 4.78 is 6.17. The maximum absolute atomic E-state index is 14.0. The first-order valence-electron chi connectivity index (χ1n) is 20.4. The van der Waals surface area contributed by atoms with Gasteiger partial charge in [-0.1, -0.05) is 53.2 Å². The van der Waals surface area contributed by atoms with Crippen molar-refractivity contribution in [3.05, 3.63) is 41.2 Å². The van der Waals surface area contributed by atoms with Crippen LogP contribution in [-0.4, -0.2) is 58.5 Å². The molecule has 52 heavy (non-hydrogen) atoms. The molecule has 288 valence electrons. The van der Waals surface area contributed by atoms with Crippen LogP contribution in [0, 0.1) is 56.7 Å². The molecule has 0 aliphatic heterocycles. The van der Waals surface area contributed by atoms with Crippen molar-refractivity contribution >= 4 is 17.7 Å². The molecule has 8 unspecified atom stereocenters. The van der Waals surface area contributed by atoms with Crippen molar-refractivity contribution in [1.82, 2.24) is 9.88 Å². The number of carboxylic acid groups (broad SMARTS) is 1. The van der Waals surface area contributed by atoms with Crippen LogP contribution in [0.5, 0.6) is 0 Å². The molecule has 0 aromatic carbocycles. The maximum atomic E-state index is 14.0. The van der Waals surface area contributed by atoms with E-state index in [0.717, 1.165) is 70.2 Å². The zero-order valence-corrected chi connectivity index (χ0v) is 33.4. The molecule has 4 saturated carbocycles. The highest BCUT2D eigenvalue weighted by Crippen LogP contribution is 2.73. The van der Waals surface area contributed by atoms with E-state index in [1.165, 1.54) is 18.4 Å². The van der Waals surface area contributed by atoms with E-state index in [9.17, 15) is 19.5 Å². The number of Topliss-reactive ketones (excluding diaryl/α,β-unsaturated/α-hetero) is 1. The molecule has 0 amide bonds. The molecule has 6 rings (SSSR count). The number of ether oxygens (including phenoxy) is 1. The monoisotopic (exact) mass is 718 g/mol. The van der Waals surface area contributed by atoms with Crippen molar-refractivity contribution in [1.29, 1.82) is 0 Å². The van der Waals surface area contributed by atoms with Crippen LogP contribution in [0.1, 0.15) is 132 Å². The standard InChI is InChI=1S/C44H67N3O5/c1-28(2)37-32(48)24-44(19-22-47(23-20-45)27-29-10-9-21-46-26-29)18-13-31-30(38(37)44)11-12-34-42(31,7)16-14-33-41(5,6)35(15-17-43(33,34)8)52-36(49)25-40(3,4)39(50)51/h9-10,21,26,28,30-31,33-35H,11-20,22-25,27,45H2,1-8H3,(H,50,51). The third-order valence-electron chi connectivity index (χ3n) is 15.6. The number of hydrogen-bond donors (Lipinski definition) is 2. The maximum Gasteiger partial charge on any atom is 0.309 e. The van der Waals surface area contributed by atoms with Gasteiger partial charge < -0.3 is 15.6 Å². The summed E-state index contributed by atoms with van der Waals surface area (Å²) in [7, 11) is 0. The van der Waals surface area contributed by atoms with Crippen molar-refractivity contribution in [2.45, 2.75) is 139 Å². The van der Waals surface area contributed by atoms with Gasteiger partial charge in [-0.3, -0.25) is 24.3 Å². The summed E-state index contributed by atoms with van der Waals surface area (Å²) in [5, 5.41) is 9.61. The van der Waals surface area contributed by atoms with E-state index < -0.39 is 17.4 Å². The molecule has 1 heterocycles. The van der Waals surface area contributed by atoms with Crippen molar-refractivity contribution in [2.75, 3.05) is 19.6 Å². The Morgan fingerprint density at radius 1 is 1.02 bits per heavy atom. The molecule has 8 heteroatoms. The van der Waals surface area contributed by atoms with Crippen LogP contribution < -0.4 is 5.73 Å². The lowest BCUT2D eigenvalue weighted by atomic mass is 9.36. The topological polar surface area (TPSA) is 123 Å². The predicted molar refractivity (Wildman–Crippen MR) is 204 cm³/mol. The van der Waals surface area contributed by atoms with Gasteiger partial charge in [0.05, 0.1) is 11.8 Å². The SMILES string of the molecule is CC(C)C1=C2C3CCC4C(C)(CCC5C(C)(C)C(OC(=O)CC(C)(C)C(=O)O)CCC54C)C3CCC2(CCN(CCN)Cc2cccnc2)CC1=O. The lowest BCUT2D eigenvalue weighted by Gasteiger charge is -2.69. The number of aliphatic carboxylic acids is 1. The Balaban J connectivity index is 1.23. The number of nitrogens with zero attached hydrogens (tertiary/aromatic N) is 2. The Bertz CT molecular complexity index is 1550. The normalized spacial score (nSPS) is 35.5. The Morgan fingerprint density at radius 3 is 2.40 bits per heavy atom. The minimum atomic E-state index is -1.15. The number of carbonyl (C=O) groups is 3. The highest BCUT2D eigenvalue weighted by molar-refractivity contribution is 6.00. The minimum Gasteiger partial charge on any atom is -0.481 e. The number of carbonyl (C=O) groups excluding carboxylic acids is 2. The second-order valence-electron chi connectivity index (χ2n) is 19.7. The van der Waals surface area contributed by atoms with Crippen molar-refractivity contribution in [3.63, 3.8) is 0 Å². The Kier molecular flexibility index (Phi) is 10.7. The summed E-state index contributed by atoms with van der Waals surface area (Å²) in [5.41, 5.74) is 8.95. The van der Waals surface area contributed by atoms with Gasteiger partial charge in [-0.05, 0) is 136 Å². The lowest BCUT2D eigenvalue weighted by Crippen LogP contribution is -2.63. The van der Waals surface area contributed by atoms with E-state index in [2.05, 4.69) is 57.5 Å². The first-order valence-corrected chi connectivity index (χ1v) is 20.4. The molecule has 0 bridgehead atoms. The van der Waals surface area contributed by atoms with Gasteiger partial charge in [-0.2, -0.15) is 0 Å². The van der Waals surface area contributed by atoms with Crippen LogP contribution in [0.4, 0.5) is 0 Å². The van der Waals surface area contributed by atoms with Gasteiger partial charge in [0.15, 0.2) is 5.78 Å². The fourth-order valence-corrected chi connectivity index (χ4v) is 13.1. The van der Waals surface area contributed by atoms with E-state index in [1.807, 2.05) is 18.5 Å². The number of pyridine rings is 1. The van der Waals surface area contributed by atoms with Gasteiger partial charge in [0.2, 0.25) is 0 Å². The average Bonchev–Trinajstić information content (AvgIpc) is 3.37. The quantitative estimate of drug-likeness (QED) is 0.207. The molecule has 0 radical (unpaired) electrons. The van der Waals surface area contributed by atoms with E-state index >= 15 is 0 Å². The number of aromatic nitrogens is 1. The van der Waals surface area contributed by atoms with Crippen molar-refractivity contribution in [2.24, 2.45) is 62.4 Å². The van der Waals surface area contributed by atoms with E-state index in [4.69, 9.17) is 10.5 Å². The van der Waals surface area contributed by atoms with Gasteiger partial charge >= 0.3 is 11.9 Å². The number of esters is 1. The number of allylic oxidation sites excluding steroid dienone is 2. The number of fused-ring (bicyclic) bond motifs is 7. The zero-order valence-electron chi connectivity index (χ0n) is 33.4. The Hall–Kier alpha value is -2.58. The summed E-state index contributed by atoms with van der Waals surface area (Å²) in [6.07, 6.45) is 13.8. The van der Waals surface area contributed by atoms with E-state index in [1.54, 1.807) is 19.4 Å². The van der Waals surface area contributed by atoms with Crippen molar-refractivity contribution < 1.29 is 24.2 Å². The van der Waals surface area contributed by atoms with E-state index in [-0.39, 0.29) is 40.1 Å². The smallest absolute Gasteiger partial charge is 0.309 e. The fraction of sp³-hybridized carbons (Fsp3) is 0.773. The summed E-state index contributed by atoms with van der Waals surface area (Å²) in [5.74, 6) is 1.28. The van der Waals surface area contributed by atoms with Gasteiger partial charge in [0.1, 0.15) is 6.10 Å². The number of nitrogens with two attached hydrogens (primary N) is 1. The minimum absolute atomic E-state index is 0.0525. The first kappa shape index (κ1) is 39.1. The largest absolute Gasteiger partial charge is 0.481 e. The van der Waals surface area contributed by atoms with Gasteiger partial charge in [-0.25, -0.2) is 0 Å². The van der Waals surface area contributed by atoms with Crippen LogP contribution in [-0.2, 0) is 25.7 Å². The van der Waals surface area contributed by atoms with Crippen LogP contribution in [0.2, 0.25) is 0 Å². The van der Waals surface area contributed by atoms with E-state index in [0.29, 0.717) is 42.4 Å². The van der Waals surface area contributed by atoms with Crippen molar-refractivity contribution in [3.8, 4) is 0 Å². The lowest BCUT2D eigenvalue weighted by molar-refractivity contribution is -0.214. The van der Waals surface area contributed by atoms with Crippen LogP contribution >= 0.6 is 0 Å². The summed E-state index contributed by atoms with van der Waals surface area (Å²) in [4.78, 5) is 45.7. The Labute approximate surface area is 313 Å². The number of rotatable bonds is 12. The van der Waals surface area contributed by atoms with Gasteiger partial charge in [0.25, 0.3) is 0 Å². The molecule has 8 nitrogen and oxygen atoms in total. The number of ketones is 1. The average molecular weight is 718 g/mol. The molecule has 1 aromatic rings. The summed E-state index contributed by atoms with van der Waals surface area (Å²) >= 11 is 0. The second kappa shape index (κ2) is 14.2. The highest BCUT2D eigenvalue weighted by atomic mass is 16.5. The zero-order chi connectivity index (χ0) is 37.9. The second-order valence-corrected chi connectivity index (χ2v) is 19.7. The fourth-order valence-electron chi connectivity index (χ4n) is 13.1. The number of carboxylic acids is 1. The predicted octanol–water partition coefficient (Wildman–Crippen LogP) is 8.24. The first-order chi connectivity index (χ1) is 24.4. The highest BCUT2D eigenvalue weighted by Gasteiger charge is 2.66. The third-order valence-corrected chi connectivity index (χ3v) is 15.6. The summed E-state index contributed by atoms with van der Waals surface area (Å²) in [6, 6.07) is 4.14. The molecule has 0 spiro atoms. The molecule has 0 saturated heterocycles. The summed E-state index contributed by atoms with van der Waals surface area (Å²) in [6.45, 7) is 20.6. The molecule has 5 aliphatic carbocycles. The molecular formula is C44H67N3O5. The molecule has 5 aliphatic rings. The molecule has 8 atom stereocenters. The molecular weight excluding hydrogens is 651 g/mol. The van der Waals surface area contributed by atoms with Crippen LogP contribution in [0.15, 0.2) is 35.7 Å². The van der Waals surface area contributed by atoms with Gasteiger partial charge in [0, 0.05) is 49.3 Å². The molecule has 3 N–H and O–H groups in total. The Morgan fingerprint density at radius 2 is 1.75 bits per heavy atom. The molecule has 1 aromatic heterocycles. The van der Waals surface area contributed by atoms with Crippen LogP contribution in [0.25, 0.3) is 0 Å².